The molecule has 4 heteroatoms. The number of hydrogen-bond acceptors (Lipinski definition) is 2. The monoisotopic (exact) mass is 327 g/mol. The van der Waals surface area contributed by atoms with Crippen molar-refractivity contribution >= 4 is 17.2 Å². The van der Waals surface area contributed by atoms with E-state index in [1.807, 2.05) is 53.4 Å². The molecule has 2 unspecified atom stereocenters. The molecular formula is C19H21NO2S. The highest BCUT2D eigenvalue weighted by molar-refractivity contribution is 7.85. The average molecular weight is 327 g/mol. The standard InChI is InChI=1S/C19H21NO2S/c21-15-20(13-14-23(22)18-9-5-2-6-10-18)19(17-11-12-17)16-7-3-1-4-8-16/h1-10,15,17,19H,11-14H2. The summed E-state index contributed by atoms with van der Waals surface area (Å²) in [7, 11) is -1.07. The maximum atomic E-state index is 12.4. The molecule has 3 rings (SSSR count). The van der Waals surface area contributed by atoms with Crippen molar-refractivity contribution in [3.63, 3.8) is 0 Å². The van der Waals surface area contributed by atoms with Gasteiger partial charge in [-0.2, -0.15) is 0 Å². The van der Waals surface area contributed by atoms with Crippen LogP contribution in [0.25, 0.3) is 0 Å². The zero-order valence-corrected chi connectivity index (χ0v) is 13.8. The third-order valence-electron chi connectivity index (χ3n) is 4.24. The van der Waals surface area contributed by atoms with Crippen LogP contribution in [-0.4, -0.2) is 27.8 Å². The lowest BCUT2D eigenvalue weighted by molar-refractivity contribution is -0.120. The van der Waals surface area contributed by atoms with Gasteiger partial charge in [-0.05, 0) is 36.5 Å². The first-order valence-corrected chi connectivity index (χ1v) is 9.31. The van der Waals surface area contributed by atoms with Crippen LogP contribution in [0.5, 0.6) is 0 Å². The Morgan fingerprint density at radius 2 is 1.65 bits per heavy atom. The summed E-state index contributed by atoms with van der Waals surface area (Å²) in [6.45, 7) is 0.515. The van der Waals surface area contributed by atoms with Gasteiger partial charge in [-0.3, -0.25) is 9.00 Å². The van der Waals surface area contributed by atoms with Gasteiger partial charge in [-0.25, -0.2) is 0 Å². The fourth-order valence-corrected chi connectivity index (χ4v) is 4.01. The van der Waals surface area contributed by atoms with Crippen molar-refractivity contribution < 1.29 is 9.00 Å². The van der Waals surface area contributed by atoms with E-state index >= 15 is 0 Å². The first-order chi connectivity index (χ1) is 11.3. The van der Waals surface area contributed by atoms with Gasteiger partial charge in [0.15, 0.2) is 0 Å². The molecule has 0 aliphatic heterocycles. The molecule has 1 aliphatic rings. The molecule has 0 aromatic heterocycles. The Balaban J connectivity index is 1.69. The molecule has 23 heavy (non-hydrogen) atoms. The Bertz CT molecular complexity index is 656. The molecule has 0 N–H and O–H groups in total. The predicted octanol–water partition coefficient (Wildman–Crippen LogP) is 3.40. The van der Waals surface area contributed by atoms with E-state index < -0.39 is 10.8 Å². The Morgan fingerprint density at radius 3 is 2.22 bits per heavy atom. The number of amides is 1. The molecule has 2 atom stereocenters. The molecule has 0 bridgehead atoms. The lowest BCUT2D eigenvalue weighted by Gasteiger charge is -2.29. The highest BCUT2D eigenvalue weighted by atomic mass is 32.2. The van der Waals surface area contributed by atoms with Crippen LogP contribution >= 0.6 is 0 Å². The maximum absolute atomic E-state index is 12.4. The van der Waals surface area contributed by atoms with Crippen LogP contribution in [0.15, 0.2) is 65.6 Å². The third-order valence-corrected chi connectivity index (χ3v) is 5.59. The van der Waals surface area contributed by atoms with Gasteiger partial charge >= 0.3 is 0 Å². The molecule has 0 heterocycles. The molecule has 3 nitrogen and oxygen atoms in total. The molecule has 1 amide bonds. The number of nitrogens with zero attached hydrogens (tertiary/aromatic N) is 1. The van der Waals surface area contributed by atoms with E-state index in [4.69, 9.17) is 0 Å². The van der Waals surface area contributed by atoms with Crippen LogP contribution in [0.3, 0.4) is 0 Å². The Hall–Kier alpha value is -1.94. The van der Waals surface area contributed by atoms with Gasteiger partial charge in [0.05, 0.1) is 16.8 Å². The van der Waals surface area contributed by atoms with Crippen LogP contribution in [0.2, 0.25) is 0 Å². The van der Waals surface area contributed by atoms with Gasteiger partial charge < -0.3 is 4.90 Å². The van der Waals surface area contributed by atoms with Gasteiger partial charge in [-0.1, -0.05) is 48.5 Å². The van der Waals surface area contributed by atoms with Gasteiger partial charge in [-0.15, -0.1) is 0 Å². The predicted molar refractivity (Wildman–Crippen MR) is 92.4 cm³/mol. The third kappa shape index (κ3) is 4.08. The van der Waals surface area contributed by atoms with E-state index in [1.54, 1.807) is 0 Å². The van der Waals surface area contributed by atoms with Crippen molar-refractivity contribution in [1.82, 2.24) is 4.90 Å². The van der Waals surface area contributed by atoms with E-state index in [9.17, 15) is 9.00 Å². The van der Waals surface area contributed by atoms with Crippen LogP contribution in [0, 0.1) is 5.92 Å². The summed E-state index contributed by atoms with van der Waals surface area (Å²) in [5, 5.41) is 0. The average Bonchev–Trinajstić information content (AvgIpc) is 3.44. The Kier molecular flexibility index (Phi) is 5.23. The molecule has 120 valence electrons. The summed E-state index contributed by atoms with van der Waals surface area (Å²) >= 11 is 0. The number of carbonyl (C=O) groups is 1. The lowest BCUT2D eigenvalue weighted by Crippen LogP contribution is -2.32. The smallest absolute Gasteiger partial charge is 0.210 e. The summed E-state index contributed by atoms with van der Waals surface area (Å²) in [4.78, 5) is 14.3. The van der Waals surface area contributed by atoms with Crippen molar-refractivity contribution in [3.8, 4) is 0 Å². The van der Waals surface area contributed by atoms with Crippen molar-refractivity contribution in [2.75, 3.05) is 12.3 Å². The van der Waals surface area contributed by atoms with Crippen molar-refractivity contribution in [3.05, 3.63) is 66.2 Å². The van der Waals surface area contributed by atoms with Gasteiger partial charge in [0.1, 0.15) is 0 Å². The van der Waals surface area contributed by atoms with Crippen LogP contribution in [-0.2, 0) is 15.6 Å². The van der Waals surface area contributed by atoms with Crippen molar-refractivity contribution in [1.29, 1.82) is 0 Å². The summed E-state index contributed by atoms with van der Waals surface area (Å²) in [5.41, 5.74) is 1.17. The lowest BCUT2D eigenvalue weighted by atomic mass is 10.0. The maximum Gasteiger partial charge on any atom is 0.210 e. The summed E-state index contributed by atoms with van der Waals surface area (Å²) in [5.74, 6) is 1.01. The molecule has 0 saturated heterocycles. The van der Waals surface area contributed by atoms with Crippen molar-refractivity contribution in [2.45, 2.75) is 23.8 Å². The first-order valence-electron chi connectivity index (χ1n) is 7.99. The zero-order valence-electron chi connectivity index (χ0n) is 13.0. The normalized spacial score (nSPS) is 16.5. The Labute approximate surface area is 139 Å². The minimum absolute atomic E-state index is 0.112. The zero-order chi connectivity index (χ0) is 16.1. The van der Waals surface area contributed by atoms with Crippen LogP contribution in [0.1, 0.15) is 24.4 Å². The van der Waals surface area contributed by atoms with E-state index in [-0.39, 0.29) is 6.04 Å². The van der Waals surface area contributed by atoms with E-state index in [0.29, 0.717) is 18.2 Å². The van der Waals surface area contributed by atoms with Crippen LogP contribution < -0.4 is 0 Å². The van der Waals surface area contributed by atoms with Gasteiger partial charge in [0.25, 0.3) is 0 Å². The number of rotatable bonds is 8. The summed E-state index contributed by atoms with van der Waals surface area (Å²) < 4.78 is 12.4. The molecule has 1 aliphatic carbocycles. The molecule has 2 aromatic carbocycles. The molecule has 1 saturated carbocycles. The SMILES string of the molecule is O=CN(CCS(=O)c1ccccc1)C(c1ccccc1)C1CC1. The largest absolute Gasteiger partial charge is 0.337 e. The number of carbonyl (C=O) groups excluding carboxylic acids is 1. The van der Waals surface area contributed by atoms with E-state index in [0.717, 1.165) is 24.1 Å². The van der Waals surface area contributed by atoms with Gasteiger partial charge in [0, 0.05) is 17.2 Å². The van der Waals surface area contributed by atoms with E-state index in [1.165, 1.54) is 5.56 Å². The number of hydrogen-bond donors (Lipinski definition) is 0. The molecular weight excluding hydrogens is 306 g/mol. The van der Waals surface area contributed by atoms with E-state index in [2.05, 4.69) is 12.1 Å². The topological polar surface area (TPSA) is 37.4 Å². The highest BCUT2D eigenvalue weighted by Crippen LogP contribution is 2.44. The molecule has 0 radical (unpaired) electrons. The molecule has 0 spiro atoms. The van der Waals surface area contributed by atoms with Crippen LogP contribution in [0.4, 0.5) is 0 Å². The molecule has 1 fully saturated rings. The second-order valence-corrected chi connectivity index (χ2v) is 7.47. The highest BCUT2D eigenvalue weighted by Gasteiger charge is 2.35. The fourth-order valence-electron chi connectivity index (χ4n) is 2.93. The minimum atomic E-state index is -1.07. The molecule has 2 aromatic rings. The van der Waals surface area contributed by atoms with Gasteiger partial charge in [0.2, 0.25) is 6.41 Å². The summed E-state index contributed by atoms with van der Waals surface area (Å²) in [6.07, 6.45) is 3.23. The first kappa shape index (κ1) is 15.9. The second kappa shape index (κ2) is 7.55. The Morgan fingerprint density at radius 1 is 1.04 bits per heavy atom. The van der Waals surface area contributed by atoms with Crippen molar-refractivity contribution in [2.24, 2.45) is 5.92 Å². The second-order valence-electron chi connectivity index (χ2n) is 5.90. The summed E-state index contributed by atoms with van der Waals surface area (Å²) in [6, 6.07) is 19.7. The quantitative estimate of drug-likeness (QED) is 0.697. The number of benzene rings is 2. The minimum Gasteiger partial charge on any atom is -0.337 e. The fraction of sp³-hybridized carbons (Fsp3) is 0.316.